The molecule has 1 aliphatic rings. The van der Waals surface area contributed by atoms with E-state index < -0.39 is 17.7 Å². The number of nitrogens with one attached hydrogen (secondary N) is 2. The van der Waals surface area contributed by atoms with Crippen LogP contribution in [0.15, 0.2) is 53.4 Å². The number of benzene rings is 2. The third-order valence-corrected chi connectivity index (χ3v) is 7.99. The summed E-state index contributed by atoms with van der Waals surface area (Å²) in [4.78, 5) is 39.7. The highest BCUT2D eigenvalue weighted by atomic mass is 32.2. The van der Waals surface area contributed by atoms with Gasteiger partial charge in [0.15, 0.2) is 0 Å². The van der Waals surface area contributed by atoms with Crippen LogP contribution in [0.2, 0.25) is 0 Å². The summed E-state index contributed by atoms with van der Waals surface area (Å²) in [5.74, 6) is -1.12. The molecule has 1 aliphatic carbocycles. The van der Waals surface area contributed by atoms with E-state index in [0.717, 1.165) is 34.6 Å². The van der Waals surface area contributed by atoms with Crippen LogP contribution < -0.4 is 10.6 Å². The first kappa shape index (κ1) is 25.9. The van der Waals surface area contributed by atoms with Crippen LogP contribution in [0.4, 0.5) is 15.1 Å². The molecule has 0 spiro atoms. The van der Waals surface area contributed by atoms with Gasteiger partial charge in [-0.05, 0) is 68.0 Å². The molecule has 0 aliphatic heterocycles. The van der Waals surface area contributed by atoms with Crippen LogP contribution in [0.1, 0.15) is 51.4 Å². The van der Waals surface area contributed by atoms with Crippen molar-refractivity contribution in [3.05, 3.63) is 75.9 Å². The summed E-state index contributed by atoms with van der Waals surface area (Å²) in [5, 5.41) is 6.15. The minimum absolute atomic E-state index is 0.0413. The van der Waals surface area contributed by atoms with Crippen molar-refractivity contribution in [2.75, 3.05) is 23.0 Å². The Kier molecular flexibility index (Phi) is 8.43. The Morgan fingerprint density at radius 1 is 1.14 bits per heavy atom. The Morgan fingerprint density at radius 3 is 2.72 bits per heavy atom. The van der Waals surface area contributed by atoms with Crippen molar-refractivity contribution in [2.45, 2.75) is 38.0 Å². The second-order valence-electron chi connectivity index (χ2n) is 8.58. The summed E-state index contributed by atoms with van der Waals surface area (Å²) >= 11 is 2.76. The zero-order chi connectivity index (χ0) is 25.7. The second-order valence-corrected chi connectivity index (χ2v) is 10.7. The molecular formula is C27H27FN2O4S2. The maximum Gasteiger partial charge on any atom is 0.341 e. The summed E-state index contributed by atoms with van der Waals surface area (Å²) in [6.45, 7) is 4.22. The minimum atomic E-state index is -0.593. The third-order valence-electron chi connectivity index (χ3n) is 5.82. The molecule has 188 valence electrons. The molecule has 1 atom stereocenters. The predicted octanol–water partition coefficient (Wildman–Crippen LogP) is 6.17. The number of hydrogen-bond donors (Lipinski definition) is 2. The predicted molar refractivity (Wildman–Crippen MR) is 142 cm³/mol. The van der Waals surface area contributed by atoms with E-state index in [0.29, 0.717) is 22.2 Å². The highest BCUT2D eigenvalue weighted by molar-refractivity contribution is 8.00. The molecule has 3 aromatic rings. The van der Waals surface area contributed by atoms with E-state index in [1.807, 2.05) is 6.07 Å². The Hall–Kier alpha value is -3.17. The summed E-state index contributed by atoms with van der Waals surface area (Å²) in [5.41, 5.74) is 1.94. The van der Waals surface area contributed by atoms with Gasteiger partial charge in [0.2, 0.25) is 5.91 Å². The van der Waals surface area contributed by atoms with Crippen molar-refractivity contribution in [2.24, 2.45) is 5.92 Å². The summed E-state index contributed by atoms with van der Waals surface area (Å²) in [7, 11) is 0. The number of carbonyl (C=O) groups excluding carboxylic acids is 3. The Balaban J connectivity index is 1.41. The molecule has 0 saturated heterocycles. The average Bonchev–Trinajstić information content (AvgIpc) is 3.20. The molecule has 9 heteroatoms. The number of rotatable bonds is 8. The van der Waals surface area contributed by atoms with Crippen LogP contribution in [0.5, 0.6) is 0 Å². The normalized spacial score (nSPS) is 14.6. The molecular weight excluding hydrogens is 499 g/mol. The molecule has 6 nitrogen and oxygen atoms in total. The monoisotopic (exact) mass is 526 g/mol. The van der Waals surface area contributed by atoms with Crippen LogP contribution in [0, 0.1) is 11.7 Å². The molecule has 0 fully saturated rings. The van der Waals surface area contributed by atoms with Crippen LogP contribution in [0.25, 0.3) is 0 Å². The van der Waals surface area contributed by atoms with Gasteiger partial charge in [-0.2, -0.15) is 0 Å². The molecule has 0 radical (unpaired) electrons. The van der Waals surface area contributed by atoms with Gasteiger partial charge in [0.05, 0.1) is 23.5 Å². The molecule has 36 heavy (non-hydrogen) atoms. The van der Waals surface area contributed by atoms with Crippen molar-refractivity contribution in [3.8, 4) is 0 Å². The molecule has 2 aromatic carbocycles. The summed E-state index contributed by atoms with van der Waals surface area (Å²) in [6, 6.07) is 12.8. The van der Waals surface area contributed by atoms with Gasteiger partial charge in [-0.1, -0.05) is 25.1 Å². The molecule has 0 bridgehead atoms. The second kappa shape index (κ2) is 11.7. The highest BCUT2D eigenvalue weighted by Gasteiger charge is 2.29. The lowest BCUT2D eigenvalue weighted by atomic mass is 9.88. The van der Waals surface area contributed by atoms with E-state index in [2.05, 4.69) is 17.6 Å². The fourth-order valence-electron chi connectivity index (χ4n) is 4.08. The molecule has 0 saturated carbocycles. The third kappa shape index (κ3) is 6.14. The SMILES string of the molecule is CCOC(=O)c1c(NC(=O)CSc2cccc(NC(=O)c3ccccc3F)c2)sc2c1CCC(C)C2. The van der Waals surface area contributed by atoms with Crippen molar-refractivity contribution in [1.29, 1.82) is 0 Å². The molecule has 1 heterocycles. The maximum absolute atomic E-state index is 13.9. The number of thiophene rings is 1. The van der Waals surface area contributed by atoms with Gasteiger partial charge in [-0.3, -0.25) is 9.59 Å². The van der Waals surface area contributed by atoms with Gasteiger partial charge >= 0.3 is 5.97 Å². The van der Waals surface area contributed by atoms with E-state index in [4.69, 9.17) is 4.74 Å². The van der Waals surface area contributed by atoms with E-state index in [9.17, 15) is 18.8 Å². The average molecular weight is 527 g/mol. The standard InChI is InChI=1S/C27H27FN2O4S2/c1-3-34-27(33)24-20-12-11-16(2)13-22(20)36-26(24)30-23(31)15-35-18-8-6-7-17(14-18)29-25(32)19-9-4-5-10-21(19)28/h4-10,14,16H,3,11-13,15H2,1-2H3,(H,29,32)(H,30,31). The first-order chi connectivity index (χ1) is 17.4. The fourth-order valence-corrected chi connectivity index (χ4v) is 6.25. The number of amides is 2. The maximum atomic E-state index is 13.9. The zero-order valence-corrected chi connectivity index (χ0v) is 21.7. The van der Waals surface area contributed by atoms with Crippen molar-refractivity contribution in [1.82, 2.24) is 0 Å². The number of hydrogen-bond acceptors (Lipinski definition) is 6. The molecule has 1 unspecified atom stereocenters. The van der Waals surface area contributed by atoms with Gasteiger partial charge in [-0.25, -0.2) is 9.18 Å². The van der Waals surface area contributed by atoms with Crippen LogP contribution in [-0.2, 0) is 22.4 Å². The van der Waals surface area contributed by atoms with E-state index >= 15 is 0 Å². The van der Waals surface area contributed by atoms with Crippen LogP contribution >= 0.6 is 23.1 Å². The lowest BCUT2D eigenvalue weighted by Crippen LogP contribution is -2.17. The topological polar surface area (TPSA) is 84.5 Å². The van der Waals surface area contributed by atoms with Gasteiger partial charge < -0.3 is 15.4 Å². The summed E-state index contributed by atoms with van der Waals surface area (Å²) in [6.07, 6.45) is 2.70. The minimum Gasteiger partial charge on any atom is -0.462 e. The van der Waals surface area contributed by atoms with E-state index in [1.54, 1.807) is 31.2 Å². The fraction of sp³-hybridized carbons (Fsp3) is 0.296. The number of ether oxygens (including phenoxy) is 1. The van der Waals surface area contributed by atoms with Crippen LogP contribution in [-0.4, -0.2) is 30.1 Å². The lowest BCUT2D eigenvalue weighted by Gasteiger charge is -2.18. The number of carbonyl (C=O) groups is 3. The molecule has 1 aromatic heterocycles. The first-order valence-electron chi connectivity index (χ1n) is 11.8. The van der Waals surface area contributed by atoms with Crippen molar-refractivity contribution in [3.63, 3.8) is 0 Å². The van der Waals surface area contributed by atoms with E-state index in [1.165, 1.54) is 41.3 Å². The van der Waals surface area contributed by atoms with Crippen molar-refractivity contribution < 1.29 is 23.5 Å². The summed E-state index contributed by atoms with van der Waals surface area (Å²) < 4.78 is 19.2. The van der Waals surface area contributed by atoms with Gasteiger partial charge in [0.25, 0.3) is 5.91 Å². The van der Waals surface area contributed by atoms with Gasteiger partial charge in [-0.15, -0.1) is 23.1 Å². The largest absolute Gasteiger partial charge is 0.462 e. The van der Waals surface area contributed by atoms with E-state index in [-0.39, 0.29) is 23.8 Å². The zero-order valence-electron chi connectivity index (χ0n) is 20.1. The Labute approximate surface area is 217 Å². The Morgan fingerprint density at radius 2 is 1.94 bits per heavy atom. The number of thioether (sulfide) groups is 1. The molecule has 2 N–H and O–H groups in total. The molecule has 4 rings (SSSR count). The number of fused-ring (bicyclic) bond motifs is 1. The van der Waals surface area contributed by atoms with Gasteiger partial charge in [0, 0.05) is 15.5 Å². The molecule has 2 amide bonds. The lowest BCUT2D eigenvalue weighted by molar-refractivity contribution is -0.113. The number of halogens is 1. The smallest absolute Gasteiger partial charge is 0.341 e. The Bertz CT molecular complexity index is 1290. The quantitative estimate of drug-likeness (QED) is 0.271. The number of anilines is 2. The van der Waals surface area contributed by atoms with Gasteiger partial charge in [0.1, 0.15) is 10.8 Å². The van der Waals surface area contributed by atoms with Crippen molar-refractivity contribution >= 4 is 51.6 Å². The number of esters is 1. The first-order valence-corrected chi connectivity index (χ1v) is 13.6. The highest BCUT2D eigenvalue weighted by Crippen LogP contribution is 2.40. The van der Waals surface area contributed by atoms with Crippen LogP contribution in [0.3, 0.4) is 0 Å².